The van der Waals surface area contributed by atoms with Crippen LogP contribution in [0.4, 0.5) is 11.5 Å². The lowest BCUT2D eigenvalue weighted by molar-refractivity contribution is -0.0440. The third-order valence-electron chi connectivity index (χ3n) is 5.48. The summed E-state index contributed by atoms with van der Waals surface area (Å²) in [6.07, 6.45) is 1.28. The van der Waals surface area contributed by atoms with Crippen molar-refractivity contribution >= 4 is 27.4 Å². The average molecular weight is 461 g/mol. The predicted molar refractivity (Wildman–Crippen MR) is 120 cm³/mol. The third kappa shape index (κ3) is 5.09. The number of carbonyl (C=O) groups excluding carboxylic acids is 1. The molecule has 2 aromatic rings. The minimum atomic E-state index is -3.65. The van der Waals surface area contributed by atoms with Gasteiger partial charge in [0.15, 0.2) is 0 Å². The second-order valence-corrected chi connectivity index (χ2v) is 10.0. The van der Waals surface area contributed by atoms with E-state index >= 15 is 0 Å². The van der Waals surface area contributed by atoms with Gasteiger partial charge in [0.05, 0.1) is 42.2 Å². The third-order valence-corrected chi connectivity index (χ3v) is 7.33. The molecule has 0 radical (unpaired) electrons. The highest BCUT2D eigenvalue weighted by atomic mass is 32.2. The molecule has 0 saturated carbocycles. The maximum Gasteiger partial charge on any atom is 0.255 e. The van der Waals surface area contributed by atoms with Crippen molar-refractivity contribution in [1.29, 1.82) is 0 Å². The number of benzene rings is 1. The molecule has 2 saturated heterocycles. The minimum Gasteiger partial charge on any atom is -0.378 e. The topological polar surface area (TPSA) is 101 Å². The van der Waals surface area contributed by atoms with Crippen LogP contribution in [0.3, 0.4) is 0 Å². The van der Waals surface area contributed by atoms with Crippen LogP contribution in [0.25, 0.3) is 0 Å². The van der Waals surface area contributed by atoms with E-state index in [1.54, 1.807) is 12.3 Å². The molecule has 3 heterocycles. The first-order valence-corrected chi connectivity index (χ1v) is 12.1. The fourth-order valence-corrected chi connectivity index (χ4v) is 5.49. The Morgan fingerprint density at radius 1 is 1.03 bits per heavy atom. The number of ether oxygens (including phenoxy) is 2. The first-order valence-electron chi connectivity index (χ1n) is 10.7. The number of anilines is 2. The van der Waals surface area contributed by atoms with Gasteiger partial charge in [-0.15, -0.1) is 0 Å². The summed E-state index contributed by atoms with van der Waals surface area (Å²) in [6.45, 7) is 7.25. The Morgan fingerprint density at radius 2 is 1.69 bits per heavy atom. The van der Waals surface area contributed by atoms with Gasteiger partial charge in [-0.3, -0.25) is 4.79 Å². The maximum atomic E-state index is 13.0. The average Bonchev–Trinajstić information content (AvgIpc) is 2.79. The van der Waals surface area contributed by atoms with Gasteiger partial charge in [0.2, 0.25) is 10.0 Å². The van der Waals surface area contributed by atoms with Crippen LogP contribution in [-0.2, 0) is 19.5 Å². The smallest absolute Gasteiger partial charge is 0.255 e. The zero-order valence-electron chi connectivity index (χ0n) is 18.2. The highest BCUT2D eigenvalue weighted by Crippen LogP contribution is 2.22. The number of carbonyl (C=O) groups is 1. The number of aromatic nitrogens is 1. The van der Waals surface area contributed by atoms with E-state index in [4.69, 9.17) is 9.47 Å². The van der Waals surface area contributed by atoms with Gasteiger partial charge < -0.3 is 19.7 Å². The second kappa shape index (κ2) is 9.53. The van der Waals surface area contributed by atoms with Gasteiger partial charge in [-0.05, 0) is 50.2 Å². The van der Waals surface area contributed by atoms with Crippen molar-refractivity contribution in [2.45, 2.75) is 31.0 Å². The summed E-state index contributed by atoms with van der Waals surface area (Å²) in [6, 6.07) is 9.63. The molecule has 2 unspecified atom stereocenters. The zero-order chi connectivity index (χ0) is 22.7. The normalized spacial score (nSPS) is 22.5. The van der Waals surface area contributed by atoms with Gasteiger partial charge in [-0.25, -0.2) is 13.4 Å². The van der Waals surface area contributed by atoms with Gasteiger partial charge in [0, 0.05) is 31.7 Å². The van der Waals surface area contributed by atoms with Crippen molar-refractivity contribution in [3.63, 3.8) is 0 Å². The number of hydrogen-bond donors (Lipinski definition) is 1. The van der Waals surface area contributed by atoms with Crippen molar-refractivity contribution in [3.8, 4) is 0 Å². The molecule has 1 amide bonds. The molecular formula is C22H28N4O5S. The molecule has 2 fully saturated rings. The first-order chi connectivity index (χ1) is 15.3. The van der Waals surface area contributed by atoms with E-state index in [1.165, 1.54) is 28.6 Å². The van der Waals surface area contributed by atoms with Gasteiger partial charge in [-0.1, -0.05) is 0 Å². The van der Waals surface area contributed by atoms with E-state index in [1.807, 2.05) is 19.9 Å². The summed E-state index contributed by atoms with van der Waals surface area (Å²) in [5, 5.41) is 2.80. The monoisotopic (exact) mass is 460 g/mol. The number of sulfonamides is 1. The van der Waals surface area contributed by atoms with Crippen molar-refractivity contribution < 1.29 is 22.7 Å². The Hall–Kier alpha value is -2.53. The van der Waals surface area contributed by atoms with Gasteiger partial charge >= 0.3 is 0 Å². The SMILES string of the molecule is CC1CN(S(=O)(=O)c2ccc(C(=O)Nc3ccc(N4CCOCC4)nc3)cc2)CC(C)O1. The quantitative estimate of drug-likeness (QED) is 0.728. The van der Waals surface area contributed by atoms with E-state index in [0.717, 1.165) is 18.9 Å². The molecule has 32 heavy (non-hydrogen) atoms. The van der Waals surface area contributed by atoms with Crippen LogP contribution in [0, 0.1) is 0 Å². The number of nitrogens with zero attached hydrogens (tertiary/aromatic N) is 3. The summed E-state index contributed by atoms with van der Waals surface area (Å²) in [7, 11) is -3.65. The highest BCUT2D eigenvalue weighted by molar-refractivity contribution is 7.89. The zero-order valence-corrected chi connectivity index (χ0v) is 19.0. The number of pyridine rings is 1. The van der Waals surface area contributed by atoms with E-state index in [2.05, 4.69) is 15.2 Å². The molecule has 1 aromatic carbocycles. The van der Waals surface area contributed by atoms with Crippen LogP contribution in [0.5, 0.6) is 0 Å². The van der Waals surface area contributed by atoms with Crippen LogP contribution in [0.1, 0.15) is 24.2 Å². The van der Waals surface area contributed by atoms with Gasteiger partial charge in [0.1, 0.15) is 5.82 Å². The molecule has 2 aliphatic rings. The second-order valence-electron chi connectivity index (χ2n) is 8.06. The molecule has 10 heteroatoms. The van der Waals surface area contributed by atoms with E-state index < -0.39 is 10.0 Å². The van der Waals surface area contributed by atoms with Crippen LogP contribution in [0.2, 0.25) is 0 Å². The Labute approximate surface area is 188 Å². The predicted octanol–water partition coefficient (Wildman–Crippen LogP) is 1.97. The molecule has 0 bridgehead atoms. The van der Waals surface area contributed by atoms with Gasteiger partial charge in [0.25, 0.3) is 5.91 Å². The minimum absolute atomic E-state index is 0.159. The molecule has 1 aromatic heterocycles. The van der Waals surface area contributed by atoms with E-state index in [0.29, 0.717) is 37.6 Å². The molecular weight excluding hydrogens is 432 g/mol. The Bertz CT molecular complexity index is 1030. The van der Waals surface area contributed by atoms with E-state index in [-0.39, 0.29) is 23.0 Å². The van der Waals surface area contributed by atoms with Crippen molar-refractivity contribution in [3.05, 3.63) is 48.2 Å². The molecule has 0 aliphatic carbocycles. The van der Waals surface area contributed by atoms with Crippen molar-refractivity contribution in [1.82, 2.24) is 9.29 Å². The molecule has 172 valence electrons. The highest BCUT2D eigenvalue weighted by Gasteiger charge is 2.32. The lowest BCUT2D eigenvalue weighted by Crippen LogP contribution is -2.48. The van der Waals surface area contributed by atoms with Crippen LogP contribution < -0.4 is 10.2 Å². The lowest BCUT2D eigenvalue weighted by atomic mass is 10.2. The van der Waals surface area contributed by atoms with Crippen LogP contribution in [-0.4, -0.2) is 75.2 Å². The van der Waals surface area contributed by atoms with Crippen LogP contribution in [0.15, 0.2) is 47.5 Å². The standard InChI is InChI=1S/C22H28N4O5S/c1-16-14-26(15-17(2)31-16)32(28,29)20-6-3-18(4-7-20)22(27)24-19-5-8-21(23-13-19)25-9-11-30-12-10-25/h3-8,13,16-17H,9-12,14-15H2,1-2H3,(H,24,27). The maximum absolute atomic E-state index is 13.0. The summed E-state index contributed by atoms with van der Waals surface area (Å²) >= 11 is 0. The first kappa shape index (κ1) is 22.7. The number of morpholine rings is 2. The summed E-state index contributed by atoms with van der Waals surface area (Å²) in [5.74, 6) is 0.510. The number of rotatable bonds is 5. The molecule has 4 rings (SSSR count). The summed E-state index contributed by atoms with van der Waals surface area (Å²) in [4.78, 5) is 19.3. The Balaban J connectivity index is 1.40. The lowest BCUT2D eigenvalue weighted by Gasteiger charge is -2.34. The fraction of sp³-hybridized carbons (Fsp3) is 0.455. The Kier molecular flexibility index (Phi) is 6.75. The molecule has 9 nitrogen and oxygen atoms in total. The molecule has 2 aliphatic heterocycles. The fourth-order valence-electron chi connectivity index (χ4n) is 3.90. The van der Waals surface area contributed by atoms with Crippen molar-refractivity contribution in [2.75, 3.05) is 49.6 Å². The molecule has 1 N–H and O–H groups in total. The number of hydrogen-bond acceptors (Lipinski definition) is 7. The molecule has 2 atom stereocenters. The summed E-state index contributed by atoms with van der Waals surface area (Å²) < 4.78 is 38.3. The van der Waals surface area contributed by atoms with Crippen molar-refractivity contribution in [2.24, 2.45) is 0 Å². The van der Waals surface area contributed by atoms with E-state index in [9.17, 15) is 13.2 Å². The number of amides is 1. The van der Waals surface area contributed by atoms with Gasteiger partial charge in [-0.2, -0.15) is 4.31 Å². The largest absolute Gasteiger partial charge is 0.378 e. The summed E-state index contributed by atoms with van der Waals surface area (Å²) in [5.41, 5.74) is 0.935. The number of nitrogens with one attached hydrogen (secondary N) is 1. The van der Waals surface area contributed by atoms with Crippen LogP contribution >= 0.6 is 0 Å². The molecule has 0 spiro atoms. The Morgan fingerprint density at radius 3 is 2.28 bits per heavy atom.